The average Bonchev–Trinajstić information content (AvgIpc) is 2.96. The Morgan fingerprint density at radius 1 is 0.957 bits per heavy atom. The molecule has 0 saturated carbocycles. The van der Waals surface area contributed by atoms with Crippen molar-refractivity contribution in [3.05, 3.63) is 54.4 Å². The fourth-order valence-electron chi connectivity index (χ4n) is 3.70. The van der Waals surface area contributed by atoms with Crippen molar-refractivity contribution in [3.63, 3.8) is 0 Å². The number of rotatable bonds is 2. The third-order valence-electron chi connectivity index (χ3n) is 5.04. The summed E-state index contributed by atoms with van der Waals surface area (Å²) < 4.78 is 0. The van der Waals surface area contributed by atoms with Crippen LogP contribution in [0.1, 0.15) is 23.2 Å². The first-order valence-corrected chi connectivity index (χ1v) is 8.35. The minimum absolute atomic E-state index is 0.176. The van der Waals surface area contributed by atoms with E-state index in [1.807, 2.05) is 36.4 Å². The third kappa shape index (κ3) is 2.86. The predicted molar refractivity (Wildman–Crippen MR) is 90.2 cm³/mol. The van der Waals surface area contributed by atoms with E-state index in [4.69, 9.17) is 0 Å². The highest BCUT2D eigenvalue weighted by Gasteiger charge is 2.32. The molecule has 118 valence electrons. The summed E-state index contributed by atoms with van der Waals surface area (Å²) in [5, 5.41) is 0. The lowest BCUT2D eigenvalue weighted by molar-refractivity contribution is 0.0685. The number of benzene rings is 1. The van der Waals surface area contributed by atoms with Gasteiger partial charge in [0.1, 0.15) is 0 Å². The van der Waals surface area contributed by atoms with Crippen molar-refractivity contribution in [2.24, 2.45) is 0 Å². The number of carbonyl (C=O) groups excluding carboxylic acids is 1. The van der Waals surface area contributed by atoms with Gasteiger partial charge in [0.25, 0.3) is 5.91 Å². The SMILES string of the molecule is O=C(c1cccc(-c2ccncc2)c1)N1CCN2CCC1CC2. The molecule has 3 aliphatic rings. The van der Waals surface area contributed by atoms with E-state index in [1.54, 1.807) is 12.4 Å². The molecule has 3 fully saturated rings. The zero-order valence-corrected chi connectivity index (χ0v) is 13.2. The van der Waals surface area contributed by atoms with Gasteiger partial charge < -0.3 is 9.80 Å². The summed E-state index contributed by atoms with van der Waals surface area (Å²) in [5.74, 6) is 0.176. The predicted octanol–water partition coefficient (Wildman–Crippen LogP) is 2.67. The van der Waals surface area contributed by atoms with Crippen molar-refractivity contribution in [2.75, 3.05) is 26.2 Å². The standard InChI is InChI=1S/C19H21N3O/c23-19(22-13-12-21-10-6-18(22)7-11-21)17-3-1-2-16(14-17)15-4-8-20-9-5-15/h1-5,8-9,14,18H,6-7,10-13H2. The van der Waals surface area contributed by atoms with Gasteiger partial charge in [0.2, 0.25) is 0 Å². The number of pyridine rings is 1. The Labute approximate surface area is 136 Å². The summed E-state index contributed by atoms with van der Waals surface area (Å²) >= 11 is 0. The normalized spacial score (nSPS) is 23.6. The number of nitrogens with zero attached hydrogens (tertiary/aromatic N) is 3. The van der Waals surface area contributed by atoms with Gasteiger partial charge in [-0.05, 0) is 48.2 Å². The highest BCUT2D eigenvalue weighted by molar-refractivity contribution is 5.95. The van der Waals surface area contributed by atoms with Crippen LogP contribution in [0.2, 0.25) is 0 Å². The van der Waals surface area contributed by atoms with Crippen LogP contribution in [-0.2, 0) is 0 Å². The largest absolute Gasteiger partial charge is 0.334 e. The molecular formula is C19H21N3O. The minimum Gasteiger partial charge on any atom is -0.334 e. The lowest BCUT2D eigenvalue weighted by atomic mass is 10.0. The molecule has 1 aromatic carbocycles. The highest BCUT2D eigenvalue weighted by atomic mass is 16.2. The summed E-state index contributed by atoms with van der Waals surface area (Å²) in [5.41, 5.74) is 2.96. The Morgan fingerprint density at radius 2 is 1.74 bits per heavy atom. The first kappa shape index (κ1) is 14.4. The number of carbonyl (C=O) groups is 1. The molecule has 0 radical (unpaired) electrons. The van der Waals surface area contributed by atoms with Crippen molar-refractivity contribution >= 4 is 5.91 Å². The topological polar surface area (TPSA) is 36.4 Å². The van der Waals surface area contributed by atoms with Crippen LogP contribution >= 0.6 is 0 Å². The van der Waals surface area contributed by atoms with E-state index in [1.165, 1.54) is 0 Å². The Hall–Kier alpha value is -2.20. The van der Waals surface area contributed by atoms with Gasteiger partial charge >= 0.3 is 0 Å². The number of hydrogen-bond acceptors (Lipinski definition) is 3. The van der Waals surface area contributed by atoms with Crippen LogP contribution in [0.4, 0.5) is 0 Å². The number of amides is 1. The maximum atomic E-state index is 13.0. The molecule has 5 rings (SSSR count). The van der Waals surface area contributed by atoms with Crippen LogP contribution in [0.15, 0.2) is 48.8 Å². The second kappa shape index (κ2) is 6.13. The maximum absolute atomic E-state index is 13.0. The van der Waals surface area contributed by atoms with Crippen molar-refractivity contribution in [1.82, 2.24) is 14.8 Å². The van der Waals surface area contributed by atoms with Crippen molar-refractivity contribution < 1.29 is 4.79 Å². The van der Waals surface area contributed by atoms with Crippen molar-refractivity contribution in [3.8, 4) is 11.1 Å². The molecule has 4 heterocycles. The van der Waals surface area contributed by atoms with Gasteiger partial charge in [-0.25, -0.2) is 0 Å². The molecule has 3 saturated heterocycles. The monoisotopic (exact) mass is 307 g/mol. The molecule has 4 heteroatoms. The summed E-state index contributed by atoms with van der Waals surface area (Å²) in [6.45, 7) is 4.12. The second-order valence-corrected chi connectivity index (χ2v) is 6.39. The second-order valence-electron chi connectivity index (χ2n) is 6.39. The molecule has 0 spiro atoms. The molecule has 2 aromatic rings. The summed E-state index contributed by atoms with van der Waals surface area (Å²) in [4.78, 5) is 21.6. The van der Waals surface area contributed by atoms with E-state index in [0.29, 0.717) is 6.04 Å². The van der Waals surface area contributed by atoms with Gasteiger partial charge in [-0.1, -0.05) is 12.1 Å². The van der Waals surface area contributed by atoms with Crippen molar-refractivity contribution in [1.29, 1.82) is 0 Å². The fraction of sp³-hybridized carbons (Fsp3) is 0.368. The van der Waals surface area contributed by atoms with Gasteiger partial charge in [0.05, 0.1) is 0 Å². The quantitative estimate of drug-likeness (QED) is 0.856. The van der Waals surface area contributed by atoms with Crippen LogP contribution in [-0.4, -0.2) is 52.9 Å². The lowest BCUT2D eigenvalue weighted by Crippen LogP contribution is -2.41. The summed E-state index contributed by atoms with van der Waals surface area (Å²) in [7, 11) is 0. The van der Waals surface area contributed by atoms with Crippen LogP contribution in [0.25, 0.3) is 11.1 Å². The molecule has 0 aliphatic carbocycles. The van der Waals surface area contributed by atoms with E-state index >= 15 is 0 Å². The molecule has 0 N–H and O–H groups in total. The van der Waals surface area contributed by atoms with E-state index < -0.39 is 0 Å². The molecule has 0 atom stereocenters. The number of hydrogen-bond donors (Lipinski definition) is 0. The molecule has 1 aromatic heterocycles. The molecular weight excluding hydrogens is 286 g/mol. The summed E-state index contributed by atoms with van der Waals surface area (Å²) in [6, 6.07) is 12.3. The van der Waals surface area contributed by atoms with Crippen LogP contribution in [0, 0.1) is 0 Å². The fourth-order valence-corrected chi connectivity index (χ4v) is 3.70. The number of fused-ring (bicyclic) bond motifs is 4. The van der Waals surface area contributed by atoms with Gasteiger partial charge in [-0.3, -0.25) is 9.78 Å². The maximum Gasteiger partial charge on any atom is 0.254 e. The van der Waals surface area contributed by atoms with Crippen molar-refractivity contribution in [2.45, 2.75) is 18.9 Å². The summed E-state index contributed by atoms with van der Waals surface area (Å²) in [6.07, 6.45) is 5.78. The van der Waals surface area contributed by atoms with Crippen LogP contribution < -0.4 is 0 Å². The van der Waals surface area contributed by atoms with Gasteiger partial charge in [0.15, 0.2) is 0 Å². The van der Waals surface area contributed by atoms with E-state index in [2.05, 4.69) is 14.8 Å². The van der Waals surface area contributed by atoms with Gasteiger partial charge in [-0.15, -0.1) is 0 Å². The zero-order chi connectivity index (χ0) is 15.6. The Bertz CT molecular complexity index is 693. The Kier molecular flexibility index (Phi) is 3.83. The molecule has 0 unspecified atom stereocenters. The van der Waals surface area contributed by atoms with Crippen LogP contribution in [0.5, 0.6) is 0 Å². The Morgan fingerprint density at radius 3 is 2.52 bits per heavy atom. The number of piperidine rings is 1. The van der Waals surface area contributed by atoms with E-state index in [0.717, 1.165) is 55.7 Å². The first-order valence-electron chi connectivity index (χ1n) is 8.35. The molecule has 1 amide bonds. The number of aromatic nitrogens is 1. The Balaban J connectivity index is 1.61. The average molecular weight is 307 g/mol. The smallest absolute Gasteiger partial charge is 0.254 e. The third-order valence-corrected chi connectivity index (χ3v) is 5.04. The van der Waals surface area contributed by atoms with E-state index in [9.17, 15) is 4.79 Å². The van der Waals surface area contributed by atoms with E-state index in [-0.39, 0.29) is 5.91 Å². The van der Waals surface area contributed by atoms with Crippen LogP contribution in [0.3, 0.4) is 0 Å². The molecule has 3 aliphatic heterocycles. The van der Waals surface area contributed by atoms with Gasteiger partial charge in [0, 0.05) is 50.2 Å². The molecule has 23 heavy (non-hydrogen) atoms. The van der Waals surface area contributed by atoms with Gasteiger partial charge in [-0.2, -0.15) is 0 Å². The lowest BCUT2D eigenvalue weighted by Gasteiger charge is -2.31. The minimum atomic E-state index is 0.176. The highest BCUT2D eigenvalue weighted by Crippen LogP contribution is 2.25. The molecule has 4 nitrogen and oxygen atoms in total. The molecule has 2 bridgehead atoms. The zero-order valence-electron chi connectivity index (χ0n) is 13.2. The first-order chi connectivity index (χ1) is 11.3.